The molecular weight excluding hydrogens is 268 g/mol. The molecule has 0 aliphatic rings. The fourth-order valence-electron chi connectivity index (χ4n) is 1.68. The van der Waals surface area contributed by atoms with Crippen molar-refractivity contribution < 1.29 is 5.11 Å². The van der Waals surface area contributed by atoms with Crippen molar-refractivity contribution in [3.8, 4) is 11.4 Å². The third kappa shape index (κ3) is 2.03. The summed E-state index contributed by atoms with van der Waals surface area (Å²) in [6.45, 7) is 0.148. The van der Waals surface area contributed by atoms with E-state index in [0.29, 0.717) is 6.42 Å². The van der Waals surface area contributed by atoms with Crippen molar-refractivity contribution in [1.29, 1.82) is 0 Å². The average Bonchev–Trinajstić information content (AvgIpc) is 2.62. The summed E-state index contributed by atoms with van der Waals surface area (Å²) in [6.07, 6.45) is 2.44. The van der Waals surface area contributed by atoms with Gasteiger partial charge in [-0.25, -0.2) is 4.98 Å². The first-order valence-electron chi connectivity index (χ1n) is 5.10. The van der Waals surface area contributed by atoms with Gasteiger partial charge in [-0.2, -0.15) is 0 Å². The zero-order valence-corrected chi connectivity index (χ0v) is 10.6. The molecule has 84 valence electrons. The molecule has 1 aromatic heterocycles. The van der Waals surface area contributed by atoms with E-state index in [9.17, 15) is 0 Å². The van der Waals surface area contributed by atoms with E-state index < -0.39 is 0 Å². The van der Waals surface area contributed by atoms with Gasteiger partial charge in [0, 0.05) is 42.0 Å². The van der Waals surface area contributed by atoms with Gasteiger partial charge in [-0.1, -0.05) is 34.1 Å². The van der Waals surface area contributed by atoms with Gasteiger partial charge in [0.1, 0.15) is 5.82 Å². The van der Waals surface area contributed by atoms with Crippen molar-refractivity contribution in [3.63, 3.8) is 0 Å². The zero-order chi connectivity index (χ0) is 11.5. The second kappa shape index (κ2) is 4.80. The maximum atomic E-state index is 8.93. The van der Waals surface area contributed by atoms with Gasteiger partial charge < -0.3 is 9.67 Å². The Morgan fingerprint density at radius 1 is 1.38 bits per heavy atom. The number of hydrogen-bond donors (Lipinski definition) is 1. The molecule has 0 saturated heterocycles. The molecule has 0 bridgehead atoms. The van der Waals surface area contributed by atoms with Crippen LogP contribution in [0.1, 0.15) is 5.69 Å². The molecule has 0 saturated carbocycles. The molecule has 0 atom stereocenters. The van der Waals surface area contributed by atoms with Crippen molar-refractivity contribution >= 4 is 15.9 Å². The van der Waals surface area contributed by atoms with Crippen LogP contribution in [0.4, 0.5) is 0 Å². The lowest BCUT2D eigenvalue weighted by Crippen LogP contribution is -2.01. The first-order valence-corrected chi connectivity index (χ1v) is 5.89. The molecule has 0 amide bonds. The summed E-state index contributed by atoms with van der Waals surface area (Å²) in [5.41, 5.74) is 2.10. The fourth-order valence-corrected chi connectivity index (χ4v) is 2.15. The van der Waals surface area contributed by atoms with E-state index in [1.54, 1.807) is 0 Å². The van der Waals surface area contributed by atoms with E-state index in [1.807, 2.05) is 42.1 Å². The van der Waals surface area contributed by atoms with E-state index in [1.165, 1.54) is 0 Å². The number of halogens is 1. The predicted molar refractivity (Wildman–Crippen MR) is 67.1 cm³/mol. The maximum Gasteiger partial charge on any atom is 0.140 e. The van der Waals surface area contributed by atoms with Crippen LogP contribution in [0.3, 0.4) is 0 Å². The van der Waals surface area contributed by atoms with E-state index >= 15 is 0 Å². The highest BCUT2D eigenvalue weighted by Crippen LogP contribution is 2.26. The summed E-state index contributed by atoms with van der Waals surface area (Å²) >= 11 is 3.51. The van der Waals surface area contributed by atoms with Crippen molar-refractivity contribution in [3.05, 3.63) is 40.6 Å². The highest BCUT2D eigenvalue weighted by Gasteiger charge is 2.10. The minimum atomic E-state index is 0.148. The Bertz CT molecular complexity index is 494. The zero-order valence-electron chi connectivity index (χ0n) is 9.02. The fraction of sp³-hybridized carbons (Fsp3) is 0.250. The molecule has 16 heavy (non-hydrogen) atoms. The quantitative estimate of drug-likeness (QED) is 0.938. The first-order chi connectivity index (χ1) is 7.74. The molecule has 1 heterocycles. The standard InChI is InChI=1S/C12H13BrN2O/c1-15-9(6-7-16)8-14-12(15)10-4-2-3-5-11(10)13/h2-5,8,16H,6-7H2,1H3. The predicted octanol–water partition coefficient (Wildman–Crippen LogP) is 2.38. The van der Waals surface area contributed by atoms with E-state index in [-0.39, 0.29) is 6.61 Å². The van der Waals surface area contributed by atoms with Crippen LogP contribution in [-0.2, 0) is 13.5 Å². The van der Waals surface area contributed by atoms with Gasteiger partial charge in [-0.05, 0) is 6.07 Å². The molecule has 0 spiro atoms. The lowest BCUT2D eigenvalue weighted by molar-refractivity contribution is 0.297. The molecule has 0 aliphatic heterocycles. The smallest absolute Gasteiger partial charge is 0.140 e. The molecule has 2 rings (SSSR count). The lowest BCUT2D eigenvalue weighted by Gasteiger charge is -2.06. The Morgan fingerprint density at radius 2 is 2.12 bits per heavy atom. The van der Waals surface area contributed by atoms with E-state index in [0.717, 1.165) is 21.6 Å². The van der Waals surface area contributed by atoms with E-state index in [2.05, 4.69) is 20.9 Å². The van der Waals surface area contributed by atoms with Crippen LogP contribution < -0.4 is 0 Å². The Morgan fingerprint density at radius 3 is 2.81 bits per heavy atom. The Hall–Kier alpha value is -1.13. The van der Waals surface area contributed by atoms with Crippen LogP contribution >= 0.6 is 15.9 Å². The van der Waals surface area contributed by atoms with Gasteiger partial charge in [0.2, 0.25) is 0 Å². The molecule has 0 radical (unpaired) electrons. The number of hydrogen-bond acceptors (Lipinski definition) is 2. The highest BCUT2D eigenvalue weighted by molar-refractivity contribution is 9.10. The number of aliphatic hydroxyl groups excluding tert-OH is 1. The summed E-state index contributed by atoms with van der Waals surface area (Å²) in [4.78, 5) is 4.39. The second-order valence-electron chi connectivity index (χ2n) is 3.59. The van der Waals surface area contributed by atoms with Crippen LogP contribution in [0.25, 0.3) is 11.4 Å². The van der Waals surface area contributed by atoms with Crippen molar-refractivity contribution in [2.75, 3.05) is 6.61 Å². The summed E-state index contributed by atoms with van der Waals surface area (Å²) in [5, 5.41) is 8.93. The maximum absolute atomic E-state index is 8.93. The molecular formula is C12H13BrN2O. The molecule has 4 heteroatoms. The molecule has 1 N–H and O–H groups in total. The van der Waals surface area contributed by atoms with Gasteiger partial charge in [0.15, 0.2) is 0 Å². The molecule has 1 aromatic carbocycles. The Balaban J connectivity index is 2.45. The number of aliphatic hydroxyl groups is 1. The highest BCUT2D eigenvalue weighted by atomic mass is 79.9. The van der Waals surface area contributed by atoms with Gasteiger partial charge in [-0.3, -0.25) is 0 Å². The number of imidazole rings is 1. The molecule has 2 aromatic rings. The second-order valence-corrected chi connectivity index (χ2v) is 4.44. The van der Waals surface area contributed by atoms with Crippen LogP contribution in [0.15, 0.2) is 34.9 Å². The number of aromatic nitrogens is 2. The summed E-state index contributed by atoms with van der Waals surface area (Å²) < 4.78 is 3.04. The number of rotatable bonds is 3. The molecule has 3 nitrogen and oxygen atoms in total. The first kappa shape index (κ1) is 11.4. The number of nitrogens with zero attached hydrogens (tertiary/aromatic N) is 2. The molecule has 0 fully saturated rings. The molecule has 0 aliphatic carbocycles. The van der Waals surface area contributed by atoms with Gasteiger partial charge in [0.25, 0.3) is 0 Å². The summed E-state index contributed by atoms with van der Waals surface area (Å²) in [7, 11) is 1.97. The van der Waals surface area contributed by atoms with Crippen LogP contribution in [0.2, 0.25) is 0 Å². The van der Waals surface area contributed by atoms with Gasteiger partial charge in [-0.15, -0.1) is 0 Å². The minimum Gasteiger partial charge on any atom is -0.396 e. The topological polar surface area (TPSA) is 38.0 Å². The molecule has 0 unspecified atom stereocenters. The van der Waals surface area contributed by atoms with E-state index in [4.69, 9.17) is 5.11 Å². The minimum absolute atomic E-state index is 0.148. The van der Waals surface area contributed by atoms with Crippen molar-refractivity contribution in [2.24, 2.45) is 7.05 Å². The normalized spacial score (nSPS) is 10.7. The Kier molecular flexibility index (Phi) is 3.41. The number of benzene rings is 1. The SMILES string of the molecule is Cn1c(CCO)cnc1-c1ccccc1Br. The average molecular weight is 281 g/mol. The largest absolute Gasteiger partial charge is 0.396 e. The van der Waals surface area contributed by atoms with Crippen LogP contribution in [-0.4, -0.2) is 21.3 Å². The summed E-state index contributed by atoms with van der Waals surface area (Å²) in [6, 6.07) is 7.98. The van der Waals surface area contributed by atoms with Crippen molar-refractivity contribution in [2.45, 2.75) is 6.42 Å². The van der Waals surface area contributed by atoms with Crippen LogP contribution in [0, 0.1) is 0 Å². The third-order valence-electron chi connectivity index (χ3n) is 2.57. The van der Waals surface area contributed by atoms with Gasteiger partial charge in [0.05, 0.1) is 0 Å². The monoisotopic (exact) mass is 280 g/mol. The lowest BCUT2D eigenvalue weighted by atomic mass is 10.2. The summed E-state index contributed by atoms with van der Waals surface area (Å²) in [5.74, 6) is 0.913. The van der Waals surface area contributed by atoms with Crippen molar-refractivity contribution in [1.82, 2.24) is 9.55 Å². The van der Waals surface area contributed by atoms with Crippen LogP contribution in [0.5, 0.6) is 0 Å². The Labute approximate surface area is 103 Å². The van der Waals surface area contributed by atoms with Gasteiger partial charge >= 0.3 is 0 Å². The third-order valence-corrected chi connectivity index (χ3v) is 3.26.